The van der Waals surface area contributed by atoms with Gasteiger partial charge in [0.1, 0.15) is 43.2 Å². The second-order valence-corrected chi connectivity index (χ2v) is 19.1. The number of rotatable bonds is 37. The van der Waals surface area contributed by atoms with Crippen molar-refractivity contribution in [2.24, 2.45) is 0 Å². The second-order valence-electron chi connectivity index (χ2n) is 16.5. The van der Waals surface area contributed by atoms with Crippen LogP contribution in [0.2, 0.25) is 0 Å². The summed E-state index contributed by atoms with van der Waals surface area (Å²) >= 11 is 0. The third-order valence-corrected chi connectivity index (χ3v) is 12.2. The Morgan fingerprint density at radius 1 is 0.576 bits per heavy atom. The van der Waals surface area contributed by atoms with Crippen LogP contribution in [0, 0.1) is 0 Å². The fourth-order valence-electron chi connectivity index (χ4n) is 6.95. The van der Waals surface area contributed by atoms with Crippen LogP contribution in [0.1, 0.15) is 142 Å². The lowest BCUT2D eigenvalue weighted by Gasteiger charge is -2.43. The van der Waals surface area contributed by atoms with Gasteiger partial charge in [-0.05, 0) is 77.0 Å². The summed E-state index contributed by atoms with van der Waals surface area (Å²) in [5, 5.41) is 41.2. The van der Waals surface area contributed by atoms with Crippen LogP contribution in [0.3, 0.4) is 0 Å². The Bertz CT molecular complexity index is 1620. The van der Waals surface area contributed by atoms with E-state index in [9.17, 15) is 53.8 Å². The van der Waals surface area contributed by atoms with Crippen molar-refractivity contribution in [3.8, 4) is 0 Å². The molecule has 2 fully saturated rings. The van der Waals surface area contributed by atoms with Gasteiger partial charge < -0.3 is 49.3 Å². The van der Waals surface area contributed by atoms with Crippen molar-refractivity contribution in [2.45, 2.75) is 197 Å². The van der Waals surface area contributed by atoms with E-state index in [0.717, 1.165) is 77.0 Å². The first kappa shape index (κ1) is 59.5. The Morgan fingerprint density at radius 2 is 1.12 bits per heavy atom. The summed E-state index contributed by atoms with van der Waals surface area (Å²) in [6.45, 7) is 2.89. The van der Waals surface area contributed by atoms with E-state index in [0.29, 0.717) is 31.5 Å². The van der Waals surface area contributed by atoms with Crippen LogP contribution < -0.4 is 0 Å². The summed E-state index contributed by atoms with van der Waals surface area (Å²) in [5.74, 6) is -1.30. The molecule has 2 rings (SSSR count). The highest BCUT2D eigenvalue weighted by atomic mass is 31.2. The minimum absolute atomic E-state index is 0.00670. The van der Waals surface area contributed by atoms with Crippen molar-refractivity contribution in [3.05, 3.63) is 72.9 Å². The van der Waals surface area contributed by atoms with Crippen molar-refractivity contribution < 1.29 is 81.6 Å². The first-order valence-electron chi connectivity index (χ1n) is 23.6. The van der Waals surface area contributed by atoms with Crippen LogP contribution >= 0.6 is 15.6 Å². The minimum Gasteiger partial charge on any atom is -0.462 e. The van der Waals surface area contributed by atoms with Crippen molar-refractivity contribution in [1.29, 1.82) is 0 Å². The van der Waals surface area contributed by atoms with E-state index in [-0.39, 0.29) is 12.8 Å². The van der Waals surface area contributed by atoms with E-state index in [2.05, 4.69) is 79.1 Å². The van der Waals surface area contributed by atoms with Crippen molar-refractivity contribution in [3.63, 3.8) is 0 Å². The Hall–Kier alpha value is -2.60. The van der Waals surface area contributed by atoms with Gasteiger partial charge in [0, 0.05) is 12.8 Å². The Kier molecular flexibility index (Phi) is 31.2. The van der Waals surface area contributed by atoms with E-state index >= 15 is 0 Å². The number of allylic oxidation sites excluding steroid dienone is 11. The molecular formula is C47H78O17P2. The molecule has 0 bridgehead atoms. The van der Waals surface area contributed by atoms with Gasteiger partial charge in [0.2, 0.25) is 0 Å². The summed E-state index contributed by atoms with van der Waals surface area (Å²) in [6, 6.07) is 0. The Morgan fingerprint density at radius 3 is 1.74 bits per heavy atom. The van der Waals surface area contributed by atoms with Gasteiger partial charge in [-0.2, -0.15) is 0 Å². The van der Waals surface area contributed by atoms with Crippen molar-refractivity contribution in [2.75, 3.05) is 13.2 Å². The number of hydrogen-bond acceptors (Lipinski definition) is 14. The minimum atomic E-state index is -5.38. The monoisotopic (exact) mass is 976 g/mol. The van der Waals surface area contributed by atoms with Crippen LogP contribution in [0.4, 0.5) is 0 Å². The number of aliphatic hydroxyl groups is 4. The molecule has 17 nitrogen and oxygen atoms in total. The number of phosphoric acid groups is 2. The highest BCUT2D eigenvalue weighted by molar-refractivity contribution is 7.47. The molecular weight excluding hydrogens is 898 g/mol. The zero-order chi connectivity index (χ0) is 48.6. The summed E-state index contributed by atoms with van der Waals surface area (Å²) in [4.78, 5) is 54.3. The van der Waals surface area contributed by atoms with Gasteiger partial charge in [0.05, 0.1) is 18.8 Å². The molecule has 0 amide bonds. The predicted molar refractivity (Wildman–Crippen MR) is 250 cm³/mol. The lowest BCUT2D eigenvalue weighted by atomic mass is 9.85. The maximum absolute atomic E-state index is 13.0. The maximum Gasteiger partial charge on any atom is 0.472 e. The van der Waals surface area contributed by atoms with Crippen LogP contribution in [0.15, 0.2) is 72.9 Å². The summed E-state index contributed by atoms with van der Waals surface area (Å²) in [5.41, 5.74) is 0. The number of carbonyl (C=O) groups is 2. The highest BCUT2D eigenvalue weighted by Crippen LogP contribution is 2.49. The van der Waals surface area contributed by atoms with Crippen LogP contribution in [-0.2, 0) is 46.5 Å². The molecule has 378 valence electrons. The third-order valence-electron chi connectivity index (χ3n) is 10.7. The molecule has 0 aromatic rings. The normalized spacial score (nSPS) is 25.2. The number of ether oxygens (including phenoxy) is 3. The Labute approximate surface area is 391 Å². The van der Waals surface area contributed by atoms with Gasteiger partial charge in [0.15, 0.2) is 6.10 Å². The molecule has 1 saturated carbocycles. The van der Waals surface area contributed by atoms with E-state index in [1.165, 1.54) is 19.3 Å². The van der Waals surface area contributed by atoms with Gasteiger partial charge in [-0.25, -0.2) is 9.13 Å². The first-order chi connectivity index (χ1) is 31.6. The Balaban J connectivity index is 1.82. The average Bonchev–Trinajstić information content (AvgIpc) is 4.03. The fraction of sp³-hybridized carbons (Fsp3) is 0.702. The molecule has 1 aliphatic carbocycles. The second kappa shape index (κ2) is 34.6. The number of hydrogen-bond donors (Lipinski definition) is 7. The van der Waals surface area contributed by atoms with Gasteiger partial charge in [-0.1, -0.05) is 125 Å². The third kappa shape index (κ3) is 28.0. The summed E-state index contributed by atoms with van der Waals surface area (Å²) in [6.07, 6.45) is 27.6. The zero-order valence-electron chi connectivity index (χ0n) is 38.8. The predicted octanol–water partition coefficient (Wildman–Crippen LogP) is 7.83. The molecule has 66 heavy (non-hydrogen) atoms. The van der Waals surface area contributed by atoms with Crippen molar-refractivity contribution in [1.82, 2.24) is 0 Å². The average molecular weight is 977 g/mol. The molecule has 1 aliphatic heterocycles. The molecule has 7 unspecified atom stereocenters. The first-order valence-corrected chi connectivity index (χ1v) is 26.6. The largest absolute Gasteiger partial charge is 0.472 e. The molecule has 19 heteroatoms. The number of aliphatic hydroxyl groups excluding tert-OH is 4. The van der Waals surface area contributed by atoms with Crippen LogP contribution in [-0.4, -0.2) is 115 Å². The molecule has 0 spiro atoms. The van der Waals surface area contributed by atoms with Gasteiger partial charge in [0.25, 0.3) is 0 Å². The molecule has 7 N–H and O–H groups in total. The summed E-state index contributed by atoms with van der Waals surface area (Å²) < 4.78 is 55.0. The molecule has 2 aliphatic rings. The van der Waals surface area contributed by atoms with Gasteiger partial charge in [-0.15, -0.1) is 0 Å². The highest BCUT2D eigenvalue weighted by Gasteiger charge is 2.54. The number of unbranched alkanes of at least 4 members (excludes halogenated alkanes) is 8. The van der Waals surface area contributed by atoms with E-state index in [1.54, 1.807) is 0 Å². The van der Waals surface area contributed by atoms with Crippen molar-refractivity contribution >= 4 is 27.6 Å². The van der Waals surface area contributed by atoms with Gasteiger partial charge in [-0.3, -0.25) is 23.2 Å². The maximum atomic E-state index is 13.0. The number of epoxide rings is 1. The lowest BCUT2D eigenvalue weighted by molar-refractivity contribution is -0.216. The molecule has 0 aromatic heterocycles. The molecule has 1 heterocycles. The van der Waals surface area contributed by atoms with Gasteiger partial charge >= 0.3 is 27.6 Å². The van der Waals surface area contributed by atoms with E-state index < -0.39 is 83.5 Å². The zero-order valence-corrected chi connectivity index (χ0v) is 40.6. The van der Waals surface area contributed by atoms with Crippen LogP contribution in [0.25, 0.3) is 0 Å². The van der Waals surface area contributed by atoms with Crippen LogP contribution in [0.5, 0.6) is 0 Å². The molecule has 10 atom stereocenters. The smallest absolute Gasteiger partial charge is 0.462 e. The van der Waals surface area contributed by atoms with E-state index in [4.69, 9.17) is 23.3 Å². The topological polar surface area (TPSA) is 269 Å². The quantitative estimate of drug-likeness (QED) is 0.0103. The fourth-order valence-corrected chi connectivity index (χ4v) is 8.49. The SMILES string of the molecule is CC/C=C\C/C=C\C/C=C\CCCCCCCC(=O)O[C@H](COC(=O)CCC/C=C\C/C=C\C/C=C\CC1OC1CCCCC)COP(=O)(O)O[C@H]1C(O)C(O)C(O)[C@@H](OP(=O)(O)O)C1O. The summed E-state index contributed by atoms with van der Waals surface area (Å²) in [7, 11) is -10.7. The number of carbonyl (C=O) groups excluding carboxylic acids is 2. The molecule has 0 radical (unpaired) electrons. The number of phosphoric ester groups is 2. The molecule has 0 aromatic carbocycles. The lowest BCUT2D eigenvalue weighted by Crippen LogP contribution is -2.64. The standard InChI is InChI=1S/C47H78O17P2/c1-3-5-7-8-9-10-11-12-13-14-15-20-23-26-30-34-41(49)61-37(36-60-66(57,58)64-47-44(52)42(50)43(51)46(45(47)53)63-65(54,55)56)35-59-40(48)33-29-25-22-19-17-16-18-21-24-28-32-39-38(62-39)31-27-6-4-2/h5,7,9-10,12-13,16,18-19,22,24,28,37-39,42-47,50-53H,3-4,6,8,11,14-15,17,20-21,23,25-27,29-36H2,1-2H3,(H,57,58)(H2,54,55,56)/b7-5-,10-9-,13-12-,18-16-,22-19-,28-24-/t37-,38?,39?,42?,43?,44?,45?,46-,47+/m1/s1. The van der Waals surface area contributed by atoms with E-state index in [1.807, 2.05) is 12.2 Å². The molecule has 1 saturated heterocycles. The number of esters is 2.